The van der Waals surface area contributed by atoms with Crippen LogP contribution >= 0.6 is 0 Å². The molecule has 1 saturated heterocycles. The maximum absolute atomic E-state index is 12.5. The van der Waals surface area contributed by atoms with E-state index in [9.17, 15) is 9.59 Å². The van der Waals surface area contributed by atoms with E-state index >= 15 is 0 Å². The molecule has 2 aliphatic heterocycles. The molecule has 2 fully saturated rings. The lowest BCUT2D eigenvalue weighted by atomic mass is 9.73. The number of aryl methyl sites for hydroxylation is 1. The van der Waals surface area contributed by atoms with Crippen molar-refractivity contribution < 1.29 is 9.59 Å². The third-order valence-electron chi connectivity index (χ3n) is 5.23. The molecule has 0 aromatic heterocycles. The van der Waals surface area contributed by atoms with E-state index < -0.39 is 5.41 Å². The molecule has 0 unspecified atom stereocenters. The Hall–Kier alpha value is -1.84. The van der Waals surface area contributed by atoms with Crippen LogP contribution in [0.2, 0.25) is 0 Å². The zero-order chi connectivity index (χ0) is 14.6. The maximum Gasteiger partial charge on any atom is 0.235 e. The molecular formula is C17H20N2O2. The molecule has 2 heterocycles. The molecule has 1 N–H and O–H groups in total. The first-order valence-corrected chi connectivity index (χ1v) is 7.81. The Morgan fingerprint density at radius 1 is 1.29 bits per heavy atom. The SMILES string of the molecule is Cc1ccc2c(c1)C1(CCN(C(=O)C3CC3)CC1)C(=O)N2. The average Bonchev–Trinajstić information content (AvgIpc) is 3.29. The van der Waals surface area contributed by atoms with Crippen LogP contribution in [0.4, 0.5) is 5.69 Å². The van der Waals surface area contributed by atoms with Crippen LogP contribution in [0.3, 0.4) is 0 Å². The zero-order valence-electron chi connectivity index (χ0n) is 12.3. The molecule has 1 spiro atoms. The summed E-state index contributed by atoms with van der Waals surface area (Å²) in [6.07, 6.45) is 3.58. The molecule has 4 nitrogen and oxygen atoms in total. The molecule has 2 amide bonds. The molecule has 21 heavy (non-hydrogen) atoms. The Morgan fingerprint density at radius 2 is 2.00 bits per heavy atom. The summed E-state index contributed by atoms with van der Waals surface area (Å²) in [5.41, 5.74) is 2.85. The largest absolute Gasteiger partial charge is 0.342 e. The number of nitrogens with one attached hydrogen (secondary N) is 1. The van der Waals surface area contributed by atoms with Crippen molar-refractivity contribution in [3.8, 4) is 0 Å². The summed E-state index contributed by atoms with van der Waals surface area (Å²) >= 11 is 0. The highest BCUT2D eigenvalue weighted by atomic mass is 16.2. The molecule has 1 saturated carbocycles. The fourth-order valence-electron chi connectivity index (χ4n) is 3.72. The van der Waals surface area contributed by atoms with E-state index in [1.165, 1.54) is 5.56 Å². The van der Waals surface area contributed by atoms with E-state index in [4.69, 9.17) is 0 Å². The maximum atomic E-state index is 12.5. The molecule has 1 aromatic rings. The Bertz CT molecular complexity index is 626. The van der Waals surface area contributed by atoms with E-state index in [0.717, 1.165) is 36.9 Å². The van der Waals surface area contributed by atoms with Gasteiger partial charge >= 0.3 is 0 Å². The van der Waals surface area contributed by atoms with Crippen LogP contribution < -0.4 is 5.32 Å². The van der Waals surface area contributed by atoms with Crippen molar-refractivity contribution in [3.63, 3.8) is 0 Å². The Labute approximate surface area is 124 Å². The van der Waals surface area contributed by atoms with Gasteiger partial charge < -0.3 is 10.2 Å². The van der Waals surface area contributed by atoms with Gasteiger partial charge in [-0.2, -0.15) is 0 Å². The molecule has 0 radical (unpaired) electrons. The van der Waals surface area contributed by atoms with Gasteiger partial charge in [-0.1, -0.05) is 17.7 Å². The number of hydrogen-bond acceptors (Lipinski definition) is 2. The van der Waals surface area contributed by atoms with Gasteiger partial charge in [0.15, 0.2) is 0 Å². The van der Waals surface area contributed by atoms with Crippen molar-refractivity contribution in [2.45, 2.75) is 38.0 Å². The van der Waals surface area contributed by atoms with Crippen molar-refractivity contribution in [3.05, 3.63) is 29.3 Å². The number of carbonyl (C=O) groups excluding carboxylic acids is 2. The van der Waals surface area contributed by atoms with Gasteiger partial charge in [0, 0.05) is 24.7 Å². The third kappa shape index (κ3) is 1.88. The summed E-state index contributed by atoms with van der Waals surface area (Å²) in [6.45, 7) is 3.47. The molecule has 4 rings (SSSR count). The lowest BCUT2D eigenvalue weighted by Crippen LogP contribution is -2.48. The number of hydrogen-bond donors (Lipinski definition) is 1. The zero-order valence-corrected chi connectivity index (χ0v) is 12.3. The van der Waals surface area contributed by atoms with Gasteiger partial charge in [-0.25, -0.2) is 0 Å². The first-order valence-electron chi connectivity index (χ1n) is 7.81. The number of amides is 2. The van der Waals surface area contributed by atoms with Crippen molar-refractivity contribution in [2.75, 3.05) is 18.4 Å². The number of fused-ring (bicyclic) bond motifs is 2. The van der Waals surface area contributed by atoms with Gasteiger partial charge in [0.1, 0.15) is 0 Å². The number of likely N-dealkylation sites (tertiary alicyclic amines) is 1. The van der Waals surface area contributed by atoms with E-state index in [0.29, 0.717) is 19.0 Å². The normalized spacial score (nSPS) is 23.1. The molecule has 0 atom stereocenters. The van der Waals surface area contributed by atoms with Crippen LogP contribution in [0.5, 0.6) is 0 Å². The minimum atomic E-state index is -0.415. The van der Waals surface area contributed by atoms with Crippen molar-refractivity contribution in [1.29, 1.82) is 0 Å². The number of anilines is 1. The van der Waals surface area contributed by atoms with E-state index in [1.807, 2.05) is 17.0 Å². The Kier molecular flexibility index (Phi) is 2.65. The van der Waals surface area contributed by atoms with Crippen LogP contribution in [0.1, 0.15) is 36.8 Å². The van der Waals surface area contributed by atoms with E-state index in [1.54, 1.807) is 0 Å². The van der Waals surface area contributed by atoms with Gasteiger partial charge in [0.2, 0.25) is 11.8 Å². The molecule has 1 aromatic carbocycles. The van der Waals surface area contributed by atoms with Gasteiger partial charge in [0.25, 0.3) is 0 Å². The average molecular weight is 284 g/mol. The lowest BCUT2D eigenvalue weighted by Gasteiger charge is -2.38. The number of nitrogens with zero attached hydrogens (tertiary/aromatic N) is 1. The summed E-state index contributed by atoms with van der Waals surface area (Å²) < 4.78 is 0. The fourth-order valence-corrected chi connectivity index (χ4v) is 3.72. The van der Waals surface area contributed by atoms with Crippen LogP contribution in [0.15, 0.2) is 18.2 Å². The van der Waals surface area contributed by atoms with Crippen LogP contribution in [-0.2, 0) is 15.0 Å². The molecule has 4 heteroatoms. The summed E-state index contributed by atoms with van der Waals surface area (Å²) in [5.74, 6) is 0.681. The number of rotatable bonds is 1. The van der Waals surface area contributed by atoms with E-state index in [-0.39, 0.29) is 11.8 Å². The Morgan fingerprint density at radius 3 is 2.67 bits per heavy atom. The molecule has 0 bridgehead atoms. The predicted octanol–water partition coefficient (Wildman–Crippen LogP) is 2.22. The smallest absolute Gasteiger partial charge is 0.235 e. The second kappa shape index (κ2) is 4.33. The summed E-state index contributed by atoms with van der Waals surface area (Å²) in [6, 6.07) is 6.16. The van der Waals surface area contributed by atoms with Gasteiger partial charge in [-0.15, -0.1) is 0 Å². The predicted molar refractivity (Wildman–Crippen MR) is 80.0 cm³/mol. The van der Waals surface area contributed by atoms with Crippen molar-refractivity contribution in [1.82, 2.24) is 4.90 Å². The highest BCUT2D eigenvalue weighted by Crippen LogP contribution is 2.45. The second-order valence-corrected chi connectivity index (χ2v) is 6.68. The highest BCUT2D eigenvalue weighted by molar-refractivity contribution is 6.06. The van der Waals surface area contributed by atoms with Crippen LogP contribution in [0.25, 0.3) is 0 Å². The summed E-state index contributed by atoms with van der Waals surface area (Å²) in [7, 11) is 0. The molecule has 1 aliphatic carbocycles. The molecular weight excluding hydrogens is 264 g/mol. The fraction of sp³-hybridized carbons (Fsp3) is 0.529. The Balaban J connectivity index is 1.60. The minimum Gasteiger partial charge on any atom is -0.342 e. The summed E-state index contributed by atoms with van der Waals surface area (Å²) in [4.78, 5) is 26.7. The monoisotopic (exact) mass is 284 g/mol. The standard InChI is InChI=1S/C17H20N2O2/c1-11-2-5-14-13(10-11)17(16(21)18-14)6-8-19(9-7-17)15(20)12-3-4-12/h2,5,10,12H,3-4,6-9H2,1H3,(H,18,21). The van der Waals surface area contributed by atoms with Crippen LogP contribution in [-0.4, -0.2) is 29.8 Å². The summed E-state index contributed by atoms with van der Waals surface area (Å²) in [5, 5.41) is 3.02. The first-order chi connectivity index (χ1) is 10.1. The molecule has 3 aliphatic rings. The van der Waals surface area contributed by atoms with Gasteiger partial charge in [-0.3, -0.25) is 9.59 Å². The van der Waals surface area contributed by atoms with Crippen molar-refractivity contribution in [2.24, 2.45) is 5.92 Å². The van der Waals surface area contributed by atoms with Gasteiger partial charge in [0.05, 0.1) is 5.41 Å². The topological polar surface area (TPSA) is 49.4 Å². The van der Waals surface area contributed by atoms with E-state index in [2.05, 4.69) is 18.3 Å². The minimum absolute atomic E-state index is 0.113. The van der Waals surface area contributed by atoms with Crippen molar-refractivity contribution >= 4 is 17.5 Å². The van der Waals surface area contributed by atoms with Gasteiger partial charge in [-0.05, 0) is 44.2 Å². The highest BCUT2D eigenvalue weighted by Gasteiger charge is 2.49. The second-order valence-electron chi connectivity index (χ2n) is 6.68. The molecule has 110 valence electrons. The first kappa shape index (κ1) is 12.9. The quantitative estimate of drug-likeness (QED) is 0.859. The third-order valence-corrected chi connectivity index (χ3v) is 5.23. The number of piperidine rings is 1. The lowest BCUT2D eigenvalue weighted by molar-refractivity contribution is -0.136. The number of carbonyl (C=O) groups is 2. The number of benzene rings is 1. The van der Waals surface area contributed by atoms with Crippen LogP contribution in [0, 0.1) is 12.8 Å².